The Morgan fingerprint density at radius 1 is 1.28 bits per heavy atom. The van der Waals surface area contributed by atoms with Crippen LogP contribution in [0.2, 0.25) is 0 Å². The Morgan fingerprint density at radius 2 is 2.00 bits per heavy atom. The first-order valence-corrected chi connectivity index (χ1v) is 9.01. The van der Waals surface area contributed by atoms with Gasteiger partial charge >= 0.3 is 0 Å². The second-order valence-electron chi connectivity index (χ2n) is 7.00. The van der Waals surface area contributed by atoms with Crippen molar-refractivity contribution >= 4 is 11.7 Å². The van der Waals surface area contributed by atoms with E-state index in [1.165, 1.54) is 6.92 Å². The lowest BCUT2D eigenvalue weighted by Crippen LogP contribution is -2.63. The van der Waals surface area contributed by atoms with Crippen molar-refractivity contribution in [3.8, 4) is 0 Å². The first-order chi connectivity index (χ1) is 11.8. The molecule has 7 atom stereocenters. The van der Waals surface area contributed by atoms with Crippen LogP contribution in [0.3, 0.4) is 0 Å². The molecule has 4 N–H and O–H groups in total. The standard InChI is InChI=1S/C18H29NO6/c1-3-4-5-6-12-11(7-8-13(12)20)9-14(21)19-15-17(23)16(22)10(2)25-18(15)24/h4-5,10-12,15-18,22-24H,3,6-9H2,1-2H3,(H,19,21)/b5-4+. The molecule has 0 radical (unpaired) electrons. The molecule has 1 saturated heterocycles. The van der Waals surface area contributed by atoms with Crippen molar-refractivity contribution in [2.45, 2.75) is 76.6 Å². The number of allylic oxidation sites excluding steroid dienone is 2. The molecule has 1 aliphatic carbocycles. The molecule has 0 aromatic rings. The average molecular weight is 355 g/mol. The van der Waals surface area contributed by atoms with Crippen LogP contribution in [0.1, 0.15) is 46.0 Å². The van der Waals surface area contributed by atoms with E-state index in [1.54, 1.807) is 0 Å². The Morgan fingerprint density at radius 3 is 2.68 bits per heavy atom. The van der Waals surface area contributed by atoms with E-state index in [0.29, 0.717) is 19.3 Å². The summed E-state index contributed by atoms with van der Waals surface area (Å²) in [5, 5.41) is 32.3. The minimum atomic E-state index is -1.38. The summed E-state index contributed by atoms with van der Waals surface area (Å²) in [7, 11) is 0. The normalized spacial score (nSPS) is 39.1. The molecule has 7 nitrogen and oxygen atoms in total. The van der Waals surface area contributed by atoms with Crippen LogP contribution in [0.25, 0.3) is 0 Å². The molecule has 7 unspecified atom stereocenters. The number of rotatable bonds is 6. The van der Waals surface area contributed by atoms with Gasteiger partial charge in [-0.1, -0.05) is 19.1 Å². The molecule has 1 saturated carbocycles. The van der Waals surface area contributed by atoms with Crippen molar-refractivity contribution in [3.63, 3.8) is 0 Å². The lowest BCUT2D eigenvalue weighted by molar-refractivity contribution is -0.242. The number of ketones is 1. The average Bonchev–Trinajstić information content (AvgIpc) is 2.90. The summed E-state index contributed by atoms with van der Waals surface area (Å²) in [6.07, 6.45) is 2.24. The van der Waals surface area contributed by atoms with Crippen molar-refractivity contribution in [1.29, 1.82) is 0 Å². The summed E-state index contributed by atoms with van der Waals surface area (Å²) >= 11 is 0. The van der Waals surface area contributed by atoms with Gasteiger partial charge in [0.15, 0.2) is 6.29 Å². The van der Waals surface area contributed by atoms with Crippen molar-refractivity contribution < 1.29 is 29.6 Å². The van der Waals surface area contributed by atoms with Gasteiger partial charge in [-0.25, -0.2) is 0 Å². The number of nitrogens with one attached hydrogen (secondary N) is 1. The van der Waals surface area contributed by atoms with Crippen LogP contribution in [-0.2, 0) is 14.3 Å². The highest BCUT2D eigenvalue weighted by molar-refractivity contribution is 5.85. The second kappa shape index (κ2) is 8.89. The van der Waals surface area contributed by atoms with Gasteiger partial charge in [0.25, 0.3) is 0 Å². The van der Waals surface area contributed by atoms with Gasteiger partial charge in [0.05, 0.1) is 6.10 Å². The number of ether oxygens (including phenoxy) is 1. The SMILES string of the molecule is CC/C=C/CC1C(=O)CCC1CC(=O)NC1C(O)OC(C)C(O)C1O. The molecule has 1 heterocycles. The summed E-state index contributed by atoms with van der Waals surface area (Å²) in [5.41, 5.74) is 0. The van der Waals surface area contributed by atoms with Gasteiger partial charge in [-0.15, -0.1) is 0 Å². The highest BCUT2D eigenvalue weighted by Crippen LogP contribution is 2.34. The van der Waals surface area contributed by atoms with Gasteiger partial charge < -0.3 is 25.4 Å². The molecule has 0 bridgehead atoms. The lowest BCUT2D eigenvalue weighted by Gasteiger charge is -2.39. The van der Waals surface area contributed by atoms with Gasteiger partial charge in [-0.05, 0) is 32.1 Å². The third-order valence-corrected chi connectivity index (χ3v) is 5.17. The fourth-order valence-corrected chi connectivity index (χ4v) is 3.64. The molecular formula is C18H29NO6. The molecule has 2 fully saturated rings. The molecule has 2 aliphatic rings. The summed E-state index contributed by atoms with van der Waals surface area (Å²) in [6, 6.07) is -1.09. The smallest absolute Gasteiger partial charge is 0.220 e. The maximum absolute atomic E-state index is 12.3. The largest absolute Gasteiger partial charge is 0.388 e. The van der Waals surface area contributed by atoms with Crippen LogP contribution in [0.15, 0.2) is 12.2 Å². The predicted octanol–water partition coefficient (Wildman–Crippen LogP) is 0.272. The summed E-state index contributed by atoms with van der Waals surface area (Å²) < 4.78 is 5.12. The molecule has 0 aromatic heterocycles. The Labute approximate surface area is 148 Å². The topological polar surface area (TPSA) is 116 Å². The van der Waals surface area contributed by atoms with Crippen LogP contribution in [0, 0.1) is 11.8 Å². The number of carbonyl (C=O) groups is 2. The van der Waals surface area contributed by atoms with Crippen LogP contribution < -0.4 is 5.32 Å². The van der Waals surface area contributed by atoms with Crippen molar-refractivity contribution in [2.24, 2.45) is 11.8 Å². The number of carbonyl (C=O) groups excluding carboxylic acids is 2. The van der Waals surface area contributed by atoms with Crippen LogP contribution in [-0.4, -0.2) is 57.7 Å². The molecule has 1 aliphatic heterocycles. The molecular weight excluding hydrogens is 326 g/mol. The van der Waals surface area contributed by atoms with E-state index in [4.69, 9.17) is 4.74 Å². The van der Waals surface area contributed by atoms with E-state index >= 15 is 0 Å². The summed E-state index contributed by atoms with van der Waals surface area (Å²) in [4.78, 5) is 24.4. The van der Waals surface area contributed by atoms with Crippen molar-refractivity contribution in [2.75, 3.05) is 0 Å². The number of hydrogen-bond donors (Lipinski definition) is 4. The molecule has 2 rings (SSSR count). The third kappa shape index (κ3) is 4.88. The first-order valence-electron chi connectivity index (χ1n) is 9.01. The van der Waals surface area contributed by atoms with Crippen LogP contribution >= 0.6 is 0 Å². The Hall–Kier alpha value is -1.28. The number of Topliss-reactive ketones (excluding diaryl/α,β-unsaturated/α-hetero) is 1. The zero-order valence-corrected chi connectivity index (χ0v) is 14.8. The van der Waals surface area contributed by atoms with Gasteiger partial charge in [0.1, 0.15) is 24.0 Å². The van der Waals surface area contributed by atoms with Gasteiger partial charge in [0.2, 0.25) is 5.91 Å². The Kier molecular flexibility index (Phi) is 7.13. The fourth-order valence-electron chi connectivity index (χ4n) is 3.64. The molecule has 142 valence electrons. The third-order valence-electron chi connectivity index (χ3n) is 5.17. The monoisotopic (exact) mass is 355 g/mol. The van der Waals surface area contributed by atoms with E-state index < -0.39 is 30.6 Å². The number of amides is 1. The van der Waals surface area contributed by atoms with Crippen molar-refractivity contribution in [3.05, 3.63) is 12.2 Å². The van der Waals surface area contributed by atoms with E-state index in [9.17, 15) is 24.9 Å². The molecule has 25 heavy (non-hydrogen) atoms. The lowest BCUT2D eigenvalue weighted by atomic mass is 9.89. The highest BCUT2D eigenvalue weighted by Gasteiger charge is 2.43. The molecule has 0 aromatic carbocycles. The summed E-state index contributed by atoms with van der Waals surface area (Å²) in [5.74, 6) is -0.380. The van der Waals surface area contributed by atoms with Crippen molar-refractivity contribution in [1.82, 2.24) is 5.32 Å². The van der Waals surface area contributed by atoms with Crippen LogP contribution in [0.4, 0.5) is 0 Å². The van der Waals surface area contributed by atoms with Gasteiger partial charge in [-0.2, -0.15) is 0 Å². The molecule has 7 heteroatoms. The van der Waals surface area contributed by atoms with Gasteiger partial charge in [-0.3, -0.25) is 9.59 Å². The predicted molar refractivity (Wildman–Crippen MR) is 90.4 cm³/mol. The van der Waals surface area contributed by atoms with E-state index in [1.807, 2.05) is 19.1 Å². The fraction of sp³-hybridized carbons (Fsp3) is 0.778. The molecule has 0 spiro atoms. The number of hydrogen-bond acceptors (Lipinski definition) is 6. The minimum absolute atomic E-state index is 0.0448. The Bertz CT molecular complexity index is 508. The zero-order chi connectivity index (χ0) is 18.6. The van der Waals surface area contributed by atoms with E-state index in [-0.39, 0.29) is 29.9 Å². The Balaban J connectivity index is 1.92. The van der Waals surface area contributed by atoms with Gasteiger partial charge in [0, 0.05) is 18.8 Å². The van der Waals surface area contributed by atoms with Crippen LogP contribution in [0.5, 0.6) is 0 Å². The second-order valence-corrected chi connectivity index (χ2v) is 7.00. The van der Waals surface area contributed by atoms with E-state index in [0.717, 1.165) is 6.42 Å². The minimum Gasteiger partial charge on any atom is -0.388 e. The van der Waals surface area contributed by atoms with E-state index in [2.05, 4.69) is 5.32 Å². The summed E-state index contributed by atoms with van der Waals surface area (Å²) in [6.45, 7) is 3.56. The maximum atomic E-state index is 12.3. The molecule has 1 amide bonds. The number of aliphatic hydroxyl groups is 3. The highest BCUT2D eigenvalue weighted by atomic mass is 16.6. The first kappa shape index (κ1) is 20.0. The number of aliphatic hydroxyl groups excluding tert-OH is 3. The maximum Gasteiger partial charge on any atom is 0.220 e. The quantitative estimate of drug-likeness (QED) is 0.508. The zero-order valence-electron chi connectivity index (χ0n) is 14.8.